The van der Waals surface area contributed by atoms with Gasteiger partial charge in [-0.05, 0) is 31.5 Å². The predicted octanol–water partition coefficient (Wildman–Crippen LogP) is 3.53. The standard InChI is InChI=1S/C21H19N3O3/c1-12-14-7-4-6-10-18(14)27-20(12)21(26)24-23-19(25)11-16-13(2)22-17-9-5-3-8-15(16)17/h3-10,22H,11H2,1-2H3,(H,23,25)(H,24,26). The maximum atomic E-state index is 12.4. The minimum absolute atomic E-state index is 0.162. The van der Waals surface area contributed by atoms with Gasteiger partial charge in [0.15, 0.2) is 5.76 Å². The fraction of sp³-hybridized carbons (Fsp3) is 0.143. The van der Waals surface area contributed by atoms with Crippen LogP contribution in [0.1, 0.15) is 27.4 Å². The third-order valence-electron chi connectivity index (χ3n) is 4.73. The van der Waals surface area contributed by atoms with Crippen LogP contribution in [0.4, 0.5) is 0 Å². The van der Waals surface area contributed by atoms with Crippen molar-refractivity contribution in [2.45, 2.75) is 20.3 Å². The number of hydrogen-bond acceptors (Lipinski definition) is 3. The van der Waals surface area contributed by atoms with E-state index in [2.05, 4.69) is 15.8 Å². The van der Waals surface area contributed by atoms with Gasteiger partial charge in [-0.25, -0.2) is 0 Å². The lowest BCUT2D eigenvalue weighted by atomic mass is 10.1. The molecule has 0 radical (unpaired) electrons. The van der Waals surface area contributed by atoms with E-state index in [0.717, 1.165) is 33.1 Å². The Bertz CT molecular complexity index is 1170. The molecule has 2 aromatic carbocycles. The highest BCUT2D eigenvalue weighted by molar-refractivity contribution is 6.00. The molecule has 6 nitrogen and oxygen atoms in total. The second kappa shape index (κ2) is 6.64. The van der Waals surface area contributed by atoms with Crippen molar-refractivity contribution in [1.82, 2.24) is 15.8 Å². The van der Waals surface area contributed by atoms with Crippen molar-refractivity contribution in [3.05, 3.63) is 71.1 Å². The number of rotatable bonds is 3. The number of carbonyl (C=O) groups excluding carboxylic acids is 2. The van der Waals surface area contributed by atoms with E-state index >= 15 is 0 Å². The van der Waals surface area contributed by atoms with Crippen LogP contribution < -0.4 is 10.9 Å². The van der Waals surface area contributed by atoms with Crippen LogP contribution in [-0.2, 0) is 11.2 Å². The van der Waals surface area contributed by atoms with Gasteiger partial charge in [-0.3, -0.25) is 20.4 Å². The summed E-state index contributed by atoms with van der Waals surface area (Å²) in [5.74, 6) is -0.586. The summed E-state index contributed by atoms with van der Waals surface area (Å²) < 4.78 is 5.61. The lowest BCUT2D eigenvalue weighted by Gasteiger charge is -2.07. The van der Waals surface area contributed by atoms with Gasteiger partial charge in [-0.2, -0.15) is 0 Å². The van der Waals surface area contributed by atoms with Gasteiger partial charge in [0.1, 0.15) is 5.58 Å². The van der Waals surface area contributed by atoms with Crippen LogP contribution in [0.3, 0.4) is 0 Å². The summed E-state index contributed by atoms with van der Waals surface area (Å²) in [6.07, 6.45) is 0.162. The summed E-state index contributed by atoms with van der Waals surface area (Å²) in [6.45, 7) is 3.75. The molecule has 27 heavy (non-hydrogen) atoms. The van der Waals surface area contributed by atoms with E-state index in [1.807, 2.05) is 56.3 Å². The Morgan fingerprint density at radius 3 is 2.44 bits per heavy atom. The molecule has 0 saturated carbocycles. The molecule has 0 saturated heterocycles. The van der Waals surface area contributed by atoms with Gasteiger partial charge in [0.25, 0.3) is 0 Å². The first-order valence-corrected chi connectivity index (χ1v) is 8.68. The molecule has 0 atom stereocenters. The van der Waals surface area contributed by atoms with Crippen molar-refractivity contribution in [3.63, 3.8) is 0 Å². The van der Waals surface area contributed by atoms with Crippen LogP contribution in [0.15, 0.2) is 52.9 Å². The van der Waals surface area contributed by atoms with Crippen molar-refractivity contribution in [3.8, 4) is 0 Å². The molecular weight excluding hydrogens is 342 g/mol. The predicted molar refractivity (Wildman–Crippen MR) is 103 cm³/mol. The maximum absolute atomic E-state index is 12.4. The highest BCUT2D eigenvalue weighted by Gasteiger charge is 2.18. The summed E-state index contributed by atoms with van der Waals surface area (Å²) in [5, 5.41) is 1.88. The Morgan fingerprint density at radius 1 is 0.963 bits per heavy atom. The molecule has 2 amide bonds. The molecule has 2 aromatic heterocycles. The van der Waals surface area contributed by atoms with Crippen LogP contribution in [0.5, 0.6) is 0 Å². The number of nitrogens with one attached hydrogen (secondary N) is 3. The number of aromatic nitrogens is 1. The number of para-hydroxylation sites is 2. The number of aromatic amines is 1. The summed E-state index contributed by atoms with van der Waals surface area (Å²) in [5.41, 5.74) is 9.12. The Balaban J connectivity index is 1.46. The molecule has 0 fully saturated rings. The van der Waals surface area contributed by atoms with E-state index < -0.39 is 5.91 Å². The smallest absolute Gasteiger partial charge is 0.305 e. The molecule has 0 spiro atoms. The number of amides is 2. The van der Waals surface area contributed by atoms with Gasteiger partial charge in [0.2, 0.25) is 5.91 Å². The molecule has 0 unspecified atom stereocenters. The van der Waals surface area contributed by atoms with Gasteiger partial charge >= 0.3 is 5.91 Å². The fourth-order valence-corrected chi connectivity index (χ4v) is 3.34. The minimum Gasteiger partial charge on any atom is -0.451 e. The number of hydrazine groups is 1. The zero-order valence-corrected chi connectivity index (χ0v) is 15.1. The van der Waals surface area contributed by atoms with E-state index in [4.69, 9.17) is 4.42 Å². The Hall–Kier alpha value is -3.54. The van der Waals surface area contributed by atoms with Crippen LogP contribution in [0.2, 0.25) is 0 Å². The lowest BCUT2D eigenvalue weighted by Crippen LogP contribution is -2.42. The van der Waals surface area contributed by atoms with Crippen LogP contribution in [0.25, 0.3) is 21.9 Å². The molecule has 4 rings (SSSR count). The molecule has 0 bridgehead atoms. The molecular formula is C21H19N3O3. The van der Waals surface area contributed by atoms with Crippen molar-refractivity contribution in [2.75, 3.05) is 0 Å². The average molecular weight is 361 g/mol. The second-order valence-corrected chi connectivity index (χ2v) is 6.51. The number of H-pyrrole nitrogens is 1. The number of hydrogen-bond donors (Lipinski definition) is 3. The quantitative estimate of drug-likeness (QED) is 0.488. The van der Waals surface area contributed by atoms with E-state index in [0.29, 0.717) is 5.58 Å². The summed E-state index contributed by atoms with van der Waals surface area (Å²) >= 11 is 0. The number of furan rings is 1. The SMILES string of the molecule is Cc1[nH]c2ccccc2c1CC(=O)NNC(=O)c1oc2ccccc2c1C. The normalized spacial score (nSPS) is 11.0. The molecule has 2 heterocycles. The Morgan fingerprint density at radius 2 is 1.67 bits per heavy atom. The summed E-state index contributed by atoms with van der Waals surface area (Å²) in [4.78, 5) is 28.0. The van der Waals surface area contributed by atoms with Crippen LogP contribution in [0, 0.1) is 13.8 Å². The maximum Gasteiger partial charge on any atom is 0.305 e. The van der Waals surface area contributed by atoms with Gasteiger partial charge in [-0.1, -0.05) is 36.4 Å². The molecule has 0 aliphatic carbocycles. The molecule has 6 heteroatoms. The van der Waals surface area contributed by atoms with Gasteiger partial charge in [0, 0.05) is 27.5 Å². The highest BCUT2D eigenvalue weighted by Crippen LogP contribution is 2.25. The van der Waals surface area contributed by atoms with Crippen molar-refractivity contribution in [1.29, 1.82) is 0 Å². The topological polar surface area (TPSA) is 87.1 Å². The fourth-order valence-electron chi connectivity index (χ4n) is 3.34. The van der Waals surface area contributed by atoms with E-state index in [1.165, 1.54) is 0 Å². The van der Waals surface area contributed by atoms with E-state index in [1.54, 1.807) is 6.07 Å². The molecule has 3 N–H and O–H groups in total. The second-order valence-electron chi connectivity index (χ2n) is 6.51. The minimum atomic E-state index is -0.479. The highest BCUT2D eigenvalue weighted by atomic mass is 16.3. The Kier molecular flexibility index (Phi) is 4.16. The van der Waals surface area contributed by atoms with Crippen molar-refractivity contribution >= 4 is 33.7 Å². The summed E-state index contributed by atoms with van der Waals surface area (Å²) in [6, 6.07) is 15.2. The number of carbonyl (C=O) groups is 2. The van der Waals surface area contributed by atoms with Crippen molar-refractivity contribution < 1.29 is 14.0 Å². The largest absolute Gasteiger partial charge is 0.451 e. The molecule has 0 aliphatic heterocycles. The Labute approximate surface area is 155 Å². The summed E-state index contributed by atoms with van der Waals surface area (Å²) in [7, 11) is 0. The lowest BCUT2D eigenvalue weighted by molar-refractivity contribution is -0.121. The molecule has 4 aromatic rings. The number of aryl methyl sites for hydroxylation is 2. The van der Waals surface area contributed by atoms with Crippen LogP contribution >= 0.6 is 0 Å². The van der Waals surface area contributed by atoms with E-state index in [9.17, 15) is 9.59 Å². The first-order chi connectivity index (χ1) is 13.0. The molecule has 0 aliphatic rings. The third-order valence-corrected chi connectivity index (χ3v) is 4.73. The first-order valence-electron chi connectivity index (χ1n) is 8.68. The number of benzene rings is 2. The monoisotopic (exact) mass is 361 g/mol. The van der Waals surface area contributed by atoms with E-state index in [-0.39, 0.29) is 18.1 Å². The first kappa shape index (κ1) is 16.9. The number of fused-ring (bicyclic) bond motifs is 2. The van der Waals surface area contributed by atoms with Gasteiger partial charge in [-0.15, -0.1) is 0 Å². The van der Waals surface area contributed by atoms with Crippen LogP contribution in [-0.4, -0.2) is 16.8 Å². The third kappa shape index (κ3) is 3.06. The molecule has 136 valence electrons. The zero-order chi connectivity index (χ0) is 19.0. The van der Waals surface area contributed by atoms with Crippen molar-refractivity contribution in [2.24, 2.45) is 0 Å². The van der Waals surface area contributed by atoms with Gasteiger partial charge < -0.3 is 9.40 Å². The van der Waals surface area contributed by atoms with Gasteiger partial charge in [0.05, 0.1) is 6.42 Å². The average Bonchev–Trinajstić information content (AvgIpc) is 3.17. The zero-order valence-electron chi connectivity index (χ0n) is 15.1.